The fraction of sp³-hybridized carbons (Fsp3) is 0.600. The van der Waals surface area contributed by atoms with Gasteiger partial charge in [-0.05, 0) is 49.9 Å². The molecule has 1 atom stereocenters. The fourth-order valence-electron chi connectivity index (χ4n) is 3.20. The lowest BCUT2D eigenvalue weighted by Crippen LogP contribution is -2.39. The predicted octanol–water partition coefficient (Wildman–Crippen LogP) is 2.19. The van der Waals surface area contributed by atoms with Crippen molar-refractivity contribution < 1.29 is 0 Å². The highest BCUT2D eigenvalue weighted by atomic mass is 15.2. The summed E-state index contributed by atoms with van der Waals surface area (Å²) in [6.07, 6.45) is 5.26. The first-order valence-corrected chi connectivity index (χ1v) is 6.95. The summed E-state index contributed by atoms with van der Waals surface area (Å²) in [7, 11) is 0. The molecule has 2 nitrogen and oxygen atoms in total. The molecule has 0 bridgehead atoms. The molecule has 3 rings (SSSR count). The average molecular weight is 230 g/mol. The zero-order valence-corrected chi connectivity index (χ0v) is 10.5. The number of nitrogens with zero attached hydrogens (tertiary/aromatic N) is 1. The van der Waals surface area contributed by atoms with E-state index < -0.39 is 0 Å². The maximum atomic E-state index is 3.51. The van der Waals surface area contributed by atoms with E-state index in [4.69, 9.17) is 0 Å². The minimum Gasteiger partial charge on any atom is -0.317 e. The molecule has 0 saturated carbocycles. The van der Waals surface area contributed by atoms with Crippen molar-refractivity contribution >= 4 is 0 Å². The van der Waals surface area contributed by atoms with Crippen LogP contribution in [-0.4, -0.2) is 30.6 Å². The van der Waals surface area contributed by atoms with Gasteiger partial charge in [-0.15, -0.1) is 0 Å². The van der Waals surface area contributed by atoms with Crippen LogP contribution >= 0.6 is 0 Å². The summed E-state index contributed by atoms with van der Waals surface area (Å²) >= 11 is 0. The molecule has 2 aliphatic rings. The first-order valence-electron chi connectivity index (χ1n) is 6.95. The highest BCUT2D eigenvalue weighted by Crippen LogP contribution is 2.23. The van der Waals surface area contributed by atoms with Crippen LogP contribution in [0, 0.1) is 0 Å². The quantitative estimate of drug-likeness (QED) is 0.795. The number of hydrogen-bond donors (Lipinski definition) is 1. The largest absolute Gasteiger partial charge is 0.317 e. The summed E-state index contributed by atoms with van der Waals surface area (Å²) in [5, 5.41) is 3.51. The molecule has 2 heteroatoms. The van der Waals surface area contributed by atoms with Crippen LogP contribution < -0.4 is 5.32 Å². The van der Waals surface area contributed by atoms with Gasteiger partial charge in [-0.3, -0.25) is 4.90 Å². The first kappa shape index (κ1) is 11.2. The van der Waals surface area contributed by atoms with Gasteiger partial charge in [-0.2, -0.15) is 0 Å². The Morgan fingerprint density at radius 2 is 1.94 bits per heavy atom. The van der Waals surface area contributed by atoms with Crippen LogP contribution in [-0.2, 0) is 13.0 Å². The van der Waals surface area contributed by atoms with Gasteiger partial charge < -0.3 is 5.32 Å². The topological polar surface area (TPSA) is 15.3 Å². The van der Waals surface area contributed by atoms with E-state index in [0.29, 0.717) is 0 Å². The van der Waals surface area contributed by atoms with Gasteiger partial charge in [-0.1, -0.05) is 24.3 Å². The lowest BCUT2D eigenvalue weighted by atomic mass is 9.97. The summed E-state index contributed by atoms with van der Waals surface area (Å²) in [5.41, 5.74) is 3.12. The highest BCUT2D eigenvalue weighted by molar-refractivity contribution is 5.29. The number of fused-ring (bicyclic) bond motifs is 1. The van der Waals surface area contributed by atoms with Gasteiger partial charge in [0.05, 0.1) is 0 Å². The summed E-state index contributed by atoms with van der Waals surface area (Å²) in [6, 6.07) is 9.75. The SMILES string of the molecule is c1ccc2c(c1)CCN([C@@H]1CCCNCC1)C2. The van der Waals surface area contributed by atoms with E-state index in [-0.39, 0.29) is 0 Å². The van der Waals surface area contributed by atoms with Crippen molar-refractivity contribution in [3.05, 3.63) is 35.4 Å². The minimum absolute atomic E-state index is 0.804. The van der Waals surface area contributed by atoms with Crippen molar-refractivity contribution in [3.8, 4) is 0 Å². The van der Waals surface area contributed by atoms with Gasteiger partial charge in [0.15, 0.2) is 0 Å². The van der Waals surface area contributed by atoms with Crippen molar-refractivity contribution in [1.29, 1.82) is 0 Å². The Kier molecular flexibility index (Phi) is 3.44. The molecule has 92 valence electrons. The van der Waals surface area contributed by atoms with Gasteiger partial charge in [0.2, 0.25) is 0 Å². The van der Waals surface area contributed by atoms with Crippen LogP contribution in [0.4, 0.5) is 0 Å². The summed E-state index contributed by atoms with van der Waals surface area (Å²) < 4.78 is 0. The van der Waals surface area contributed by atoms with Gasteiger partial charge in [0.1, 0.15) is 0 Å². The predicted molar refractivity (Wildman–Crippen MR) is 71.1 cm³/mol. The Hall–Kier alpha value is -0.860. The third-order valence-corrected chi connectivity index (χ3v) is 4.22. The van der Waals surface area contributed by atoms with Crippen LogP contribution in [0.25, 0.3) is 0 Å². The summed E-state index contributed by atoms with van der Waals surface area (Å²) in [5.74, 6) is 0. The number of rotatable bonds is 1. The summed E-state index contributed by atoms with van der Waals surface area (Å²) in [6.45, 7) is 4.83. The molecule has 0 amide bonds. The molecule has 1 N–H and O–H groups in total. The van der Waals surface area contributed by atoms with Gasteiger partial charge >= 0.3 is 0 Å². The van der Waals surface area contributed by atoms with Crippen molar-refractivity contribution in [3.63, 3.8) is 0 Å². The van der Waals surface area contributed by atoms with E-state index in [1.54, 1.807) is 11.1 Å². The molecule has 1 aromatic rings. The maximum Gasteiger partial charge on any atom is 0.0239 e. The van der Waals surface area contributed by atoms with Crippen LogP contribution in [0.15, 0.2) is 24.3 Å². The molecule has 2 aliphatic heterocycles. The second-order valence-corrected chi connectivity index (χ2v) is 5.32. The smallest absolute Gasteiger partial charge is 0.0239 e. The Balaban J connectivity index is 1.70. The molecule has 0 aromatic heterocycles. The second-order valence-electron chi connectivity index (χ2n) is 5.32. The average Bonchev–Trinajstić information content (AvgIpc) is 2.67. The molecule has 1 aromatic carbocycles. The van der Waals surface area contributed by atoms with Crippen molar-refractivity contribution in [2.24, 2.45) is 0 Å². The van der Waals surface area contributed by atoms with Crippen molar-refractivity contribution in [2.75, 3.05) is 19.6 Å². The molecule has 17 heavy (non-hydrogen) atoms. The third-order valence-electron chi connectivity index (χ3n) is 4.22. The van der Waals surface area contributed by atoms with Crippen LogP contribution in [0.5, 0.6) is 0 Å². The molecule has 1 fully saturated rings. The van der Waals surface area contributed by atoms with E-state index in [0.717, 1.165) is 6.04 Å². The normalized spacial score (nSPS) is 26.2. The number of hydrogen-bond acceptors (Lipinski definition) is 2. The molecular formula is C15H22N2. The van der Waals surface area contributed by atoms with Gasteiger partial charge in [-0.25, -0.2) is 0 Å². The third kappa shape index (κ3) is 2.53. The molecule has 1 saturated heterocycles. The Morgan fingerprint density at radius 1 is 1.06 bits per heavy atom. The Morgan fingerprint density at radius 3 is 2.88 bits per heavy atom. The number of nitrogens with one attached hydrogen (secondary N) is 1. The maximum absolute atomic E-state index is 3.51. The van der Waals surface area contributed by atoms with Gasteiger partial charge in [0, 0.05) is 19.1 Å². The van der Waals surface area contributed by atoms with Crippen LogP contribution in [0.2, 0.25) is 0 Å². The van der Waals surface area contributed by atoms with E-state index in [9.17, 15) is 0 Å². The second kappa shape index (κ2) is 5.19. The van der Waals surface area contributed by atoms with E-state index in [2.05, 4.69) is 34.5 Å². The van der Waals surface area contributed by atoms with Crippen molar-refractivity contribution in [1.82, 2.24) is 10.2 Å². The van der Waals surface area contributed by atoms with Crippen LogP contribution in [0.3, 0.4) is 0 Å². The van der Waals surface area contributed by atoms with Gasteiger partial charge in [0.25, 0.3) is 0 Å². The molecule has 2 heterocycles. The molecular weight excluding hydrogens is 208 g/mol. The number of benzene rings is 1. The zero-order chi connectivity index (χ0) is 11.5. The Bertz CT molecular complexity index is 367. The molecule has 0 unspecified atom stereocenters. The highest BCUT2D eigenvalue weighted by Gasteiger charge is 2.23. The zero-order valence-electron chi connectivity index (χ0n) is 10.5. The van der Waals surface area contributed by atoms with E-state index >= 15 is 0 Å². The standard InChI is InChI=1S/C15H22N2/c1-2-5-14-12-17(11-8-13(14)4-1)15-6-3-9-16-10-7-15/h1-2,4-5,15-16H,3,6-12H2/t15-/m1/s1. The molecule has 0 spiro atoms. The minimum atomic E-state index is 0.804. The van der Waals surface area contributed by atoms with Crippen LogP contribution in [0.1, 0.15) is 30.4 Å². The van der Waals surface area contributed by atoms with Crippen molar-refractivity contribution in [2.45, 2.75) is 38.3 Å². The first-order chi connectivity index (χ1) is 8.43. The lowest BCUT2D eigenvalue weighted by Gasteiger charge is -2.35. The monoisotopic (exact) mass is 230 g/mol. The Labute approximate surface area is 104 Å². The molecule has 0 radical (unpaired) electrons. The summed E-state index contributed by atoms with van der Waals surface area (Å²) in [4.78, 5) is 2.70. The lowest BCUT2D eigenvalue weighted by molar-refractivity contribution is 0.165. The van der Waals surface area contributed by atoms with E-state index in [1.807, 2.05) is 0 Å². The fourth-order valence-corrected chi connectivity index (χ4v) is 3.20. The molecule has 0 aliphatic carbocycles. The van der Waals surface area contributed by atoms with E-state index in [1.165, 1.54) is 51.9 Å².